The van der Waals surface area contributed by atoms with E-state index in [1.807, 2.05) is 20.8 Å². The molecule has 0 bridgehead atoms. The van der Waals surface area contributed by atoms with Crippen molar-refractivity contribution in [1.29, 1.82) is 0 Å². The first-order valence-corrected chi connectivity index (χ1v) is 19.5. The van der Waals surface area contributed by atoms with E-state index in [9.17, 15) is 29.7 Å². The second kappa shape index (κ2) is 14.8. The van der Waals surface area contributed by atoms with Gasteiger partial charge in [0.05, 0.1) is 30.3 Å². The molecule has 0 saturated heterocycles. The van der Waals surface area contributed by atoms with Crippen LogP contribution in [0.5, 0.6) is 0 Å². The first-order valence-electron chi connectivity index (χ1n) is 19.5. The summed E-state index contributed by atoms with van der Waals surface area (Å²) in [6, 6.07) is 0. The molecule has 9 nitrogen and oxygen atoms in total. The van der Waals surface area contributed by atoms with Gasteiger partial charge >= 0.3 is 17.9 Å². The number of aliphatic hydroxyl groups excluding tert-OH is 3. The zero-order valence-corrected chi connectivity index (χ0v) is 33.2. The average molecular weight is 725 g/mol. The maximum Gasteiger partial charge on any atom is 0.333 e. The van der Waals surface area contributed by atoms with Crippen LogP contribution >= 0.6 is 0 Å². The Morgan fingerprint density at radius 2 is 1.29 bits per heavy atom. The van der Waals surface area contributed by atoms with Crippen molar-refractivity contribution in [3.8, 4) is 0 Å². The molecule has 5 aliphatic carbocycles. The first kappa shape index (κ1) is 40.4. The van der Waals surface area contributed by atoms with Crippen LogP contribution in [0.3, 0.4) is 0 Å². The van der Waals surface area contributed by atoms with E-state index in [1.165, 1.54) is 5.57 Å². The number of allylic oxidation sites excluding steroid dienone is 5. The summed E-state index contributed by atoms with van der Waals surface area (Å²) in [5.41, 5.74) is -0.308. The van der Waals surface area contributed by atoms with E-state index in [2.05, 4.69) is 19.9 Å². The number of rotatable bonds is 8. The number of hydrogen-bond acceptors (Lipinski definition) is 9. The average Bonchev–Trinajstić information content (AvgIpc) is 3.11. The van der Waals surface area contributed by atoms with Crippen LogP contribution in [0.4, 0.5) is 0 Å². The monoisotopic (exact) mass is 724 g/mol. The number of carbonyl (C=O) groups is 3. The summed E-state index contributed by atoms with van der Waals surface area (Å²) in [5.74, 6) is -0.676. The summed E-state index contributed by atoms with van der Waals surface area (Å²) < 4.78 is 18.0. The number of fused-ring (bicyclic) bond motifs is 7. The summed E-state index contributed by atoms with van der Waals surface area (Å²) in [6.45, 7) is 18.7. The molecule has 52 heavy (non-hydrogen) atoms. The van der Waals surface area contributed by atoms with Crippen molar-refractivity contribution in [3.05, 3.63) is 46.6 Å². The van der Waals surface area contributed by atoms with Gasteiger partial charge in [-0.2, -0.15) is 0 Å². The molecule has 9 heteroatoms. The predicted octanol–water partition coefficient (Wildman–Crippen LogP) is 6.80. The fourth-order valence-electron chi connectivity index (χ4n) is 11.2. The molecule has 0 amide bonds. The summed E-state index contributed by atoms with van der Waals surface area (Å²) >= 11 is 0. The Kier molecular flexibility index (Phi) is 11.5. The molecule has 0 aliphatic heterocycles. The minimum atomic E-state index is -1.26. The van der Waals surface area contributed by atoms with Crippen molar-refractivity contribution in [2.75, 3.05) is 13.2 Å². The normalized spacial score (nSPS) is 41.7. The zero-order valence-electron chi connectivity index (χ0n) is 33.2. The van der Waals surface area contributed by atoms with Crippen molar-refractivity contribution in [3.63, 3.8) is 0 Å². The molecule has 0 spiro atoms. The van der Waals surface area contributed by atoms with Crippen LogP contribution in [0, 0.1) is 51.2 Å². The predicted molar refractivity (Wildman–Crippen MR) is 198 cm³/mol. The maximum absolute atomic E-state index is 13.4. The Morgan fingerprint density at radius 1 is 0.731 bits per heavy atom. The highest BCUT2D eigenvalue weighted by Gasteiger charge is 2.70. The molecule has 0 heterocycles. The Bertz CT molecular complexity index is 1540. The van der Waals surface area contributed by atoms with E-state index in [1.54, 1.807) is 52.8 Å². The lowest BCUT2D eigenvalue weighted by molar-refractivity contribution is -0.252. The first-order chi connectivity index (χ1) is 24.3. The number of aliphatic hydroxyl groups is 3. The minimum Gasteiger partial charge on any atom is -0.462 e. The van der Waals surface area contributed by atoms with E-state index < -0.39 is 58.0 Å². The van der Waals surface area contributed by atoms with Crippen LogP contribution in [-0.4, -0.2) is 70.9 Å². The van der Waals surface area contributed by atoms with Crippen molar-refractivity contribution in [2.45, 2.75) is 139 Å². The zero-order chi connectivity index (χ0) is 38.6. The number of carbonyl (C=O) groups excluding carboxylic acids is 3. The molecule has 5 rings (SSSR count). The lowest BCUT2D eigenvalue weighted by atomic mass is 9.39. The van der Waals surface area contributed by atoms with E-state index in [-0.39, 0.29) is 36.9 Å². The van der Waals surface area contributed by atoms with Gasteiger partial charge in [-0.1, -0.05) is 57.6 Å². The SMILES string of the molecule is C/C=C(\C)C(=O)OC[C@@]12C(CC(C)(C)[C@@H](O)[C@@H]1OC(=O)/C(C)=C/C)C1=CCC3C4CC[C@H](O)[C@](C)(COC(=O)/C(C)=C/C)C4CCC3[C@]1(C)C[C@H]2O. The van der Waals surface area contributed by atoms with Gasteiger partial charge in [-0.05, 0) is 127 Å². The summed E-state index contributed by atoms with van der Waals surface area (Å²) in [4.78, 5) is 39.3. The van der Waals surface area contributed by atoms with Crippen LogP contribution < -0.4 is 0 Å². The summed E-state index contributed by atoms with van der Waals surface area (Å²) in [5, 5.41) is 36.0. The number of esters is 3. The van der Waals surface area contributed by atoms with E-state index in [0.29, 0.717) is 47.8 Å². The Labute approximate surface area is 310 Å². The van der Waals surface area contributed by atoms with E-state index >= 15 is 0 Å². The third-order valence-corrected chi connectivity index (χ3v) is 14.9. The smallest absolute Gasteiger partial charge is 0.333 e. The molecule has 4 fully saturated rings. The minimum absolute atomic E-state index is 0.175. The molecule has 0 aromatic rings. The fourth-order valence-corrected chi connectivity index (χ4v) is 11.2. The van der Waals surface area contributed by atoms with Gasteiger partial charge in [0, 0.05) is 22.1 Å². The van der Waals surface area contributed by atoms with E-state index in [4.69, 9.17) is 14.2 Å². The Hall–Kier alpha value is -2.75. The van der Waals surface area contributed by atoms with Gasteiger partial charge in [-0.25, -0.2) is 14.4 Å². The van der Waals surface area contributed by atoms with Gasteiger partial charge in [0.25, 0.3) is 0 Å². The molecule has 5 aliphatic rings. The topological polar surface area (TPSA) is 140 Å². The van der Waals surface area contributed by atoms with Gasteiger partial charge in [0.1, 0.15) is 12.7 Å². The Morgan fingerprint density at radius 3 is 1.88 bits per heavy atom. The summed E-state index contributed by atoms with van der Waals surface area (Å²) in [6.07, 6.45) is 8.64. The maximum atomic E-state index is 13.4. The van der Waals surface area contributed by atoms with Crippen molar-refractivity contribution in [2.24, 2.45) is 51.2 Å². The highest BCUT2D eigenvalue weighted by atomic mass is 16.6. The lowest BCUT2D eigenvalue weighted by Crippen LogP contribution is -2.70. The van der Waals surface area contributed by atoms with Crippen molar-refractivity contribution in [1.82, 2.24) is 0 Å². The summed E-state index contributed by atoms with van der Waals surface area (Å²) in [7, 11) is 0. The van der Waals surface area contributed by atoms with Gasteiger partial charge < -0.3 is 29.5 Å². The van der Waals surface area contributed by atoms with Crippen LogP contribution in [0.2, 0.25) is 0 Å². The third kappa shape index (κ3) is 6.55. The molecule has 0 radical (unpaired) electrons. The number of ether oxygens (including phenoxy) is 3. The van der Waals surface area contributed by atoms with Crippen molar-refractivity contribution < 1.29 is 43.9 Å². The van der Waals surface area contributed by atoms with Gasteiger partial charge in [0.15, 0.2) is 0 Å². The molecule has 290 valence electrons. The fraction of sp³-hybridized carbons (Fsp3) is 0.744. The van der Waals surface area contributed by atoms with Crippen molar-refractivity contribution >= 4 is 17.9 Å². The van der Waals surface area contributed by atoms with Crippen LogP contribution in [0.1, 0.15) is 114 Å². The number of hydrogen-bond donors (Lipinski definition) is 3. The molecule has 0 aromatic heterocycles. The molecule has 4 saturated carbocycles. The lowest BCUT2D eigenvalue weighted by Gasteiger charge is -2.67. The highest BCUT2D eigenvalue weighted by Crippen LogP contribution is 2.69. The molecule has 12 atom stereocenters. The van der Waals surface area contributed by atoms with Crippen LogP contribution in [-0.2, 0) is 28.6 Å². The molecule has 5 unspecified atom stereocenters. The van der Waals surface area contributed by atoms with Gasteiger partial charge in [-0.15, -0.1) is 0 Å². The second-order valence-corrected chi connectivity index (χ2v) is 17.9. The molecule has 3 N–H and O–H groups in total. The molecule has 0 aromatic carbocycles. The molecular formula is C43H64O9. The quantitative estimate of drug-likeness (QED) is 0.107. The third-order valence-electron chi connectivity index (χ3n) is 14.9. The van der Waals surface area contributed by atoms with E-state index in [0.717, 1.165) is 25.7 Å². The Balaban J connectivity index is 1.55. The highest BCUT2D eigenvalue weighted by molar-refractivity contribution is 5.88. The molecular weight excluding hydrogens is 660 g/mol. The standard InChI is InChI=1S/C43H64O9/c1-11-24(4)37(47)50-22-42(10)30-18-17-29-27(28(30)15-19-33(42)44)14-16-31-32-20-40(7,8)35(46)36(52-39(49)26(6)13-3)43(32,34(45)21-41(29,31)9)23-51-38(48)25(5)12-2/h11-13,16,27-30,32-36,44-46H,14-15,17-23H2,1-10H3/b24-11+,25-12+,26-13+/t27?,28?,29?,30?,32?,33-,34+,35-,36-,41-,42+,43-/m0/s1. The van der Waals surface area contributed by atoms with Gasteiger partial charge in [-0.3, -0.25) is 0 Å². The largest absolute Gasteiger partial charge is 0.462 e. The second-order valence-electron chi connectivity index (χ2n) is 17.9. The van der Waals surface area contributed by atoms with Crippen LogP contribution in [0.15, 0.2) is 46.6 Å². The van der Waals surface area contributed by atoms with Crippen LogP contribution in [0.25, 0.3) is 0 Å². The van der Waals surface area contributed by atoms with Gasteiger partial charge in [0.2, 0.25) is 0 Å².